The normalized spacial score (nSPS) is 10.7. The van der Waals surface area contributed by atoms with E-state index in [1.54, 1.807) is 25.1 Å². The topological polar surface area (TPSA) is 85.8 Å². The van der Waals surface area contributed by atoms with Gasteiger partial charge in [-0.3, -0.25) is 9.59 Å². The number of hydrogen-bond donors (Lipinski definition) is 3. The molecular formula is C24H34IN5O2. The van der Waals surface area contributed by atoms with E-state index < -0.39 is 0 Å². The lowest BCUT2D eigenvalue weighted by Crippen LogP contribution is -2.38. The summed E-state index contributed by atoms with van der Waals surface area (Å²) in [6, 6.07) is 15.2. The van der Waals surface area contributed by atoms with Crippen molar-refractivity contribution in [2.24, 2.45) is 4.99 Å². The van der Waals surface area contributed by atoms with Crippen molar-refractivity contribution in [3.05, 3.63) is 70.8 Å². The van der Waals surface area contributed by atoms with Gasteiger partial charge in [0.25, 0.3) is 11.8 Å². The average Bonchev–Trinajstić information content (AvgIpc) is 2.77. The van der Waals surface area contributed by atoms with Gasteiger partial charge >= 0.3 is 0 Å². The van der Waals surface area contributed by atoms with Crippen LogP contribution in [-0.2, 0) is 13.0 Å². The fraction of sp³-hybridized carbons (Fsp3) is 0.375. The van der Waals surface area contributed by atoms with Gasteiger partial charge in [-0.05, 0) is 55.7 Å². The summed E-state index contributed by atoms with van der Waals surface area (Å²) in [7, 11) is 3.50. The highest BCUT2D eigenvalue weighted by Gasteiger charge is 2.08. The van der Waals surface area contributed by atoms with Crippen LogP contribution in [-0.4, -0.2) is 56.4 Å². The highest BCUT2D eigenvalue weighted by Crippen LogP contribution is 2.08. The third kappa shape index (κ3) is 8.86. The number of aliphatic imine (C=N–C) groups is 1. The molecular weight excluding hydrogens is 517 g/mol. The summed E-state index contributed by atoms with van der Waals surface area (Å²) in [5, 5.41) is 9.38. The van der Waals surface area contributed by atoms with Crippen molar-refractivity contribution in [1.29, 1.82) is 0 Å². The lowest BCUT2D eigenvalue weighted by Gasteiger charge is -2.13. The van der Waals surface area contributed by atoms with E-state index in [9.17, 15) is 9.59 Å². The van der Waals surface area contributed by atoms with Crippen molar-refractivity contribution < 1.29 is 9.59 Å². The summed E-state index contributed by atoms with van der Waals surface area (Å²) in [5.41, 5.74) is 3.39. The summed E-state index contributed by atoms with van der Waals surface area (Å²) in [6.07, 6.45) is 0.769. The molecule has 0 aliphatic rings. The summed E-state index contributed by atoms with van der Waals surface area (Å²) < 4.78 is 0. The first-order chi connectivity index (χ1) is 14.9. The first kappa shape index (κ1) is 27.4. The zero-order valence-corrected chi connectivity index (χ0v) is 21.6. The lowest BCUT2D eigenvalue weighted by atomic mass is 10.1. The van der Waals surface area contributed by atoms with Crippen LogP contribution in [0.15, 0.2) is 53.5 Å². The number of guanidine groups is 1. The predicted octanol–water partition coefficient (Wildman–Crippen LogP) is 3.05. The van der Waals surface area contributed by atoms with E-state index in [1.165, 1.54) is 0 Å². The lowest BCUT2D eigenvalue weighted by molar-refractivity contribution is 0.0827. The number of benzene rings is 2. The van der Waals surface area contributed by atoms with Crippen molar-refractivity contribution in [3.63, 3.8) is 0 Å². The van der Waals surface area contributed by atoms with E-state index in [1.807, 2.05) is 56.3 Å². The molecule has 2 amide bonds. The second-order valence-corrected chi connectivity index (χ2v) is 7.33. The van der Waals surface area contributed by atoms with Crippen LogP contribution >= 0.6 is 24.0 Å². The zero-order valence-electron chi connectivity index (χ0n) is 19.3. The van der Waals surface area contributed by atoms with Crippen molar-refractivity contribution in [1.82, 2.24) is 20.9 Å². The first-order valence-electron chi connectivity index (χ1n) is 10.6. The number of hydrogen-bond acceptors (Lipinski definition) is 3. The largest absolute Gasteiger partial charge is 0.357 e. The Morgan fingerprint density at radius 1 is 0.875 bits per heavy atom. The molecule has 0 radical (unpaired) electrons. The van der Waals surface area contributed by atoms with E-state index in [4.69, 9.17) is 0 Å². The molecule has 0 saturated carbocycles. The van der Waals surface area contributed by atoms with Crippen LogP contribution < -0.4 is 16.0 Å². The Bertz CT molecular complexity index is 915. The Hall–Kier alpha value is -2.62. The minimum Gasteiger partial charge on any atom is -0.357 e. The number of halogens is 1. The quantitative estimate of drug-likeness (QED) is 0.254. The third-order valence-corrected chi connectivity index (χ3v) is 4.58. The molecule has 0 saturated heterocycles. The Labute approximate surface area is 208 Å². The minimum atomic E-state index is -0.0756. The van der Waals surface area contributed by atoms with Gasteiger partial charge in [0, 0.05) is 44.9 Å². The summed E-state index contributed by atoms with van der Waals surface area (Å²) in [4.78, 5) is 30.4. The SMILES string of the molecule is CCNC(=O)c1cccc(CN=C(NCC)NCCc2cccc(C(=O)N(C)C)c2)c1.I. The van der Waals surface area contributed by atoms with E-state index in [-0.39, 0.29) is 35.8 Å². The number of nitrogens with zero attached hydrogens (tertiary/aromatic N) is 2. The van der Waals surface area contributed by atoms with Crippen LogP contribution in [0.4, 0.5) is 0 Å². The molecule has 0 atom stereocenters. The maximum absolute atomic E-state index is 12.1. The fourth-order valence-electron chi connectivity index (χ4n) is 3.03. The Kier molecular flexibility index (Phi) is 12.4. The van der Waals surface area contributed by atoms with E-state index in [0.29, 0.717) is 36.7 Å². The van der Waals surface area contributed by atoms with Gasteiger partial charge in [0.05, 0.1) is 6.54 Å². The van der Waals surface area contributed by atoms with Gasteiger partial charge in [0.1, 0.15) is 0 Å². The van der Waals surface area contributed by atoms with Gasteiger partial charge in [0.2, 0.25) is 0 Å². The molecule has 0 aromatic heterocycles. The highest BCUT2D eigenvalue weighted by atomic mass is 127. The van der Waals surface area contributed by atoms with Gasteiger partial charge in [-0.25, -0.2) is 4.99 Å². The molecule has 2 aromatic rings. The second-order valence-electron chi connectivity index (χ2n) is 7.33. The molecule has 0 fully saturated rings. The van der Waals surface area contributed by atoms with E-state index in [2.05, 4.69) is 20.9 Å². The molecule has 0 heterocycles. The summed E-state index contributed by atoms with van der Waals surface area (Å²) >= 11 is 0. The zero-order chi connectivity index (χ0) is 22.6. The van der Waals surface area contributed by atoms with Crippen molar-refractivity contribution in [3.8, 4) is 0 Å². The van der Waals surface area contributed by atoms with Gasteiger partial charge in [-0.1, -0.05) is 24.3 Å². The standard InChI is InChI=1S/C24H33N5O2.HI/c1-5-25-22(30)20-11-8-10-19(16-20)17-28-24(26-6-2)27-14-13-18-9-7-12-21(15-18)23(31)29(3)4;/h7-12,15-16H,5-6,13-14,17H2,1-4H3,(H,25,30)(H2,26,27,28);1H. The Morgan fingerprint density at radius 3 is 2.16 bits per heavy atom. The van der Waals surface area contributed by atoms with E-state index >= 15 is 0 Å². The third-order valence-electron chi connectivity index (χ3n) is 4.58. The Morgan fingerprint density at radius 2 is 1.50 bits per heavy atom. The average molecular weight is 551 g/mol. The molecule has 7 nitrogen and oxygen atoms in total. The Balaban J connectivity index is 0.00000512. The number of rotatable bonds is 9. The molecule has 0 bridgehead atoms. The maximum atomic E-state index is 12.1. The first-order valence-corrected chi connectivity index (χ1v) is 10.6. The summed E-state index contributed by atoms with van der Waals surface area (Å²) in [6.45, 7) is 6.42. The molecule has 3 N–H and O–H groups in total. The molecule has 0 unspecified atom stereocenters. The monoisotopic (exact) mass is 551 g/mol. The molecule has 174 valence electrons. The van der Waals surface area contributed by atoms with Crippen LogP contribution in [0.1, 0.15) is 45.7 Å². The molecule has 0 spiro atoms. The van der Waals surface area contributed by atoms with Crippen molar-refractivity contribution in [2.45, 2.75) is 26.8 Å². The molecule has 2 rings (SSSR count). The molecule has 0 aliphatic heterocycles. The minimum absolute atomic E-state index is 0. The number of nitrogens with one attached hydrogen (secondary N) is 3. The summed E-state index contributed by atoms with van der Waals surface area (Å²) in [5.74, 6) is 0.638. The second kappa shape index (κ2) is 14.4. The van der Waals surface area contributed by atoms with Gasteiger partial charge in [-0.2, -0.15) is 0 Å². The van der Waals surface area contributed by atoms with Gasteiger partial charge in [-0.15, -0.1) is 24.0 Å². The van der Waals surface area contributed by atoms with Gasteiger partial charge < -0.3 is 20.9 Å². The van der Waals surface area contributed by atoms with Crippen LogP contribution in [0.2, 0.25) is 0 Å². The van der Waals surface area contributed by atoms with Crippen LogP contribution in [0.5, 0.6) is 0 Å². The molecule has 0 aliphatic carbocycles. The predicted molar refractivity (Wildman–Crippen MR) is 141 cm³/mol. The maximum Gasteiger partial charge on any atom is 0.253 e. The highest BCUT2D eigenvalue weighted by molar-refractivity contribution is 14.0. The number of carbonyl (C=O) groups excluding carboxylic acids is 2. The molecule has 32 heavy (non-hydrogen) atoms. The van der Waals surface area contributed by atoms with Crippen molar-refractivity contribution >= 4 is 41.8 Å². The van der Waals surface area contributed by atoms with E-state index in [0.717, 1.165) is 24.1 Å². The smallest absolute Gasteiger partial charge is 0.253 e. The van der Waals surface area contributed by atoms with Crippen LogP contribution in [0, 0.1) is 0 Å². The van der Waals surface area contributed by atoms with Crippen molar-refractivity contribution in [2.75, 3.05) is 33.7 Å². The molecule has 8 heteroatoms. The number of amides is 2. The number of carbonyl (C=O) groups is 2. The fourth-order valence-corrected chi connectivity index (χ4v) is 3.03. The van der Waals surface area contributed by atoms with Gasteiger partial charge in [0.15, 0.2) is 5.96 Å². The molecule has 2 aromatic carbocycles. The van der Waals surface area contributed by atoms with Crippen LogP contribution in [0.25, 0.3) is 0 Å². The van der Waals surface area contributed by atoms with Crippen LogP contribution in [0.3, 0.4) is 0 Å².